The van der Waals surface area contributed by atoms with Gasteiger partial charge in [0.25, 0.3) is 5.91 Å². The second kappa shape index (κ2) is 6.61. The van der Waals surface area contributed by atoms with E-state index >= 15 is 0 Å². The minimum absolute atomic E-state index is 0.139. The summed E-state index contributed by atoms with van der Waals surface area (Å²) < 4.78 is 5.54. The van der Waals surface area contributed by atoms with Crippen molar-refractivity contribution in [3.05, 3.63) is 23.4 Å². The molecule has 4 rings (SSSR count). The summed E-state index contributed by atoms with van der Waals surface area (Å²) in [6.45, 7) is 3.79. The highest BCUT2D eigenvalue weighted by Gasteiger charge is 2.29. The summed E-state index contributed by atoms with van der Waals surface area (Å²) in [4.78, 5) is 24.5. The zero-order chi connectivity index (χ0) is 16.5. The number of hydrogen-bond donors (Lipinski definition) is 1. The first kappa shape index (κ1) is 15.7. The number of pyridine rings is 1. The number of fused-ring (bicyclic) bond motifs is 1. The summed E-state index contributed by atoms with van der Waals surface area (Å²) in [5.74, 6) is 1.00. The van der Waals surface area contributed by atoms with Gasteiger partial charge in [0.2, 0.25) is 0 Å². The van der Waals surface area contributed by atoms with E-state index in [1.165, 1.54) is 0 Å². The Kier molecular flexibility index (Phi) is 4.33. The summed E-state index contributed by atoms with van der Waals surface area (Å²) in [6.07, 6.45) is 4.35. The van der Waals surface area contributed by atoms with Crippen LogP contribution in [0.3, 0.4) is 0 Å². The van der Waals surface area contributed by atoms with Crippen molar-refractivity contribution in [2.24, 2.45) is 0 Å². The van der Waals surface area contributed by atoms with Crippen molar-refractivity contribution in [2.75, 3.05) is 37.7 Å². The van der Waals surface area contributed by atoms with Crippen LogP contribution in [0.1, 0.15) is 19.3 Å². The fraction of sp³-hybridized carbons (Fsp3) is 0.529. The molecule has 2 aromatic heterocycles. The van der Waals surface area contributed by atoms with E-state index in [0.717, 1.165) is 55.7 Å². The van der Waals surface area contributed by atoms with Crippen LogP contribution in [0.2, 0.25) is 5.02 Å². The minimum Gasteiger partial charge on any atom is -0.368 e. The van der Waals surface area contributed by atoms with Crippen molar-refractivity contribution in [1.82, 2.24) is 14.9 Å². The maximum Gasteiger partial charge on any atom is 0.251 e. The molecule has 1 amide bonds. The van der Waals surface area contributed by atoms with Crippen LogP contribution >= 0.6 is 11.6 Å². The van der Waals surface area contributed by atoms with Gasteiger partial charge in [-0.25, -0.2) is 4.98 Å². The van der Waals surface area contributed by atoms with Gasteiger partial charge < -0.3 is 19.5 Å². The van der Waals surface area contributed by atoms with Crippen molar-refractivity contribution in [2.45, 2.75) is 25.4 Å². The second-order valence-corrected chi connectivity index (χ2v) is 6.78. The Morgan fingerprint density at radius 2 is 2.21 bits per heavy atom. The van der Waals surface area contributed by atoms with Crippen LogP contribution in [0, 0.1) is 0 Å². The number of nitrogens with one attached hydrogen (secondary N) is 1. The molecule has 0 saturated carbocycles. The molecule has 7 heteroatoms. The van der Waals surface area contributed by atoms with E-state index in [0.29, 0.717) is 18.2 Å². The van der Waals surface area contributed by atoms with E-state index in [1.54, 1.807) is 0 Å². The second-order valence-electron chi connectivity index (χ2n) is 6.37. The molecule has 4 heterocycles. The number of aromatic nitrogens is 2. The molecule has 2 saturated heterocycles. The lowest BCUT2D eigenvalue weighted by molar-refractivity contribution is -0.140. The molecule has 0 spiro atoms. The van der Waals surface area contributed by atoms with Crippen LogP contribution in [0.25, 0.3) is 11.0 Å². The summed E-state index contributed by atoms with van der Waals surface area (Å²) >= 11 is 6.36. The maximum atomic E-state index is 12.5. The predicted octanol–water partition coefficient (Wildman–Crippen LogP) is 2.43. The van der Waals surface area contributed by atoms with Gasteiger partial charge >= 0.3 is 0 Å². The molecule has 2 fully saturated rings. The number of aromatic amines is 1. The Labute approximate surface area is 145 Å². The molecule has 2 aliphatic heterocycles. The highest BCUT2D eigenvalue weighted by atomic mass is 35.5. The van der Waals surface area contributed by atoms with Gasteiger partial charge in [0, 0.05) is 50.4 Å². The van der Waals surface area contributed by atoms with E-state index in [2.05, 4.69) is 14.9 Å². The van der Waals surface area contributed by atoms with Gasteiger partial charge in [0.05, 0.1) is 5.02 Å². The average Bonchev–Trinajstić information content (AvgIpc) is 3.21. The zero-order valence-electron chi connectivity index (χ0n) is 13.5. The lowest BCUT2D eigenvalue weighted by Gasteiger charge is -2.24. The molecule has 1 atom stereocenters. The van der Waals surface area contributed by atoms with Gasteiger partial charge in [-0.15, -0.1) is 0 Å². The third kappa shape index (κ3) is 2.96. The fourth-order valence-corrected chi connectivity index (χ4v) is 3.74. The van der Waals surface area contributed by atoms with Crippen molar-refractivity contribution in [3.8, 4) is 0 Å². The van der Waals surface area contributed by atoms with Crippen molar-refractivity contribution in [1.29, 1.82) is 0 Å². The molecule has 0 radical (unpaired) electrons. The molecule has 0 aromatic carbocycles. The molecular formula is C17H21ClN4O2. The van der Waals surface area contributed by atoms with Gasteiger partial charge in [-0.1, -0.05) is 11.6 Å². The first-order valence-electron chi connectivity index (χ1n) is 8.51. The molecule has 1 N–H and O–H groups in total. The first-order valence-corrected chi connectivity index (χ1v) is 8.89. The van der Waals surface area contributed by atoms with Gasteiger partial charge in [-0.05, 0) is 25.3 Å². The Morgan fingerprint density at radius 1 is 1.29 bits per heavy atom. The number of H-pyrrole nitrogens is 1. The van der Waals surface area contributed by atoms with E-state index in [9.17, 15) is 4.79 Å². The SMILES string of the molecule is O=C(C1CCCO1)N1CCCN(c2cc(Cl)c3cc[nH]c3n2)CC1. The van der Waals surface area contributed by atoms with E-state index < -0.39 is 0 Å². The number of carbonyl (C=O) groups is 1. The third-order valence-electron chi connectivity index (χ3n) is 4.80. The Bertz CT molecular complexity index is 741. The number of anilines is 1. The highest BCUT2D eigenvalue weighted by molar-refractivity contribution is 6.35. The van der Waals surface area contributed by atoms with Gasteiger partial charge in [-0.2, -0.15) is 0 Å². The largest absolute Gasteiger partial charge is 0.368 e. The van der Waals surface area contributed by atoms with Crippen LogP contribution in [-0.2, 0) is 9.53 Å². The summed E-state index contributed by atoms with van der Waals surface area (Å²) in [5.41, 5.74) is 0.800. The molecular weight excluding hydrogens is 328 g/mol. The van der Waals surface area contributed by atoms with E-state index in [1.807, 2.05) is 23.2 Å². The molecule has 0 bridgehead atoms. The number of rotatable bonds is 2. The number of nitrogens with zero attached hydrogens (tertiary/aromatic N) is 3. The number of hydrogen-bond acceptors (Lipinski definition) is 4. The van der Waals surface area contributed by atoms with Gasteiger partial charge in [0.1, 0.15) is 17.6 Å². The molecule has 24 heavy (non-hydrogen) atoms. The fourth-order valence-electron chi connectivity index (χ4n) is 3.49. The Morgan fingerprint density at radius 3 is 3.04 bits per heavy atom. The predicted molar refractivity (Wildman–Crippen MR) is 93.5 cm³/mol. The molecule has 128 valence electrons. The van der Waals surface area contributed by atoms with Crippen LogP contribution in [-0.4, -0.2) is 59.7 Å². The molecule has 2 aliphatic rings. The van der Waals surface area contributed by atoms with Crippen LogP contribution < -0.4 is 4.90 Å². The van der Waals surface area contributed by atoms with Crippen LogP contribution in [0.4, 0.5) is 5.82 Å². The Hall–Kier alpha value is -1.79. The first-order chi connectivity index (χ1) is 11.7. The normalized spacial score (nSPS) is 22.1. The zero-order valence-corrected chi connectivity index (χ0v) is 14.3. The summed E-state index contributed by atoms with van der Waals surface area (Å²) in [7, 11) is 0. The lowest BCUT2D eigenvalue weighted by atomic mass is 10.2. The number of carbonyl (C=O) groups excluding carboxylic acids is 1. The smallest absolute Gasteiger partial charge is 0.251 e. The summed E-state index contributed by atoms with van der Waals surface area (Å²) in [5, 5.41) is 1.64. The molecule has 0 aliphatic carbocycles. The number of ether oxygens (including phenoxy) is 1. The molecule has 6 nitrogen and oxygen atoms in total. The maximum absolute atomic E-state index is 12.5. The van der Waals surface area contributed by atoms with Gasteiger partial charge in [0.15, 0.2) is 0 Å². The van der Waals surface area contributed by atoms with Gasteiger partial charge in [-0.3, -0.25) is 4.79 Å². The monoisotopic (exact) mass is 348 g/mol. The van der Waals surface area contributed by atoms with Crippen molar-refractivity contribution >= 4 is 34.4 Å². The third-order valence-corrected chi connectivity index (χ3v) is 5.11. The lowest BCUT2D eigenvalue weighted by Crippen LogP contribution is -2.41. The number of amides is 1. The van der Waals surface area contributed by atoms with E-state index in [4.69, 9.17) is 16.3 Å². The summed E-state index contributed by atoms with van der Waals surface area (Å²) in [6, 6.07) is 3.84. The van der Waals surface area contributed by atoms with Crippen LogP contribution in [0.15, 0.2) is 18.3 Å². The highest BCUT2D eigenvalue weighted by Crippen LogP contribution is 2.27. The topological polar surface area (TPSA) is 61.5 Å². The molecule has 2 aromatic rings. The van der Waals surface area contributed by atoms with Crippen molar-refractivity contribution in [3.63, 3.8) is 0 Å². The molecule has 1 unspecified atom stereocenters. The standard InChI is InChI=1S/C17H21ClN4O2/c18-13-11-15(20-16-12(13)4-5-19-16)21-6-2-7-22(9-8-21)17(23)14-3-1-10-24-14/h4-5,11,14H,1-3,6-10H2,(H,19,20). The average molecular weight is 349 g/mol. The minimum atomic E-state index is -0.237. The van der Waals surface area contributed by atoms with Crippen LogP contribution in [0.5, 0.6) is 0 Å². The van der Waals surface area contributed by atoms with E-state index in [-0.39, 0.29) is 12.0 Å². The number of halogens is 1. The Balaban J connectivity index is 1.48. The van der Waals surface area contributed by atoms with Crippen molar-refractivity contribution < 1.29 is 9.53 Å². The quantitative estimate of drug-likeness (QED) is 0.905.